The Balaban J connectivity index is 2.44. The minimum atomic E-state index is -4.79. The molecule has 1 heterocycles. The number of aliphatic carboxylic acids is 1. The third-order valence-electron chi connectivity index (χ3n) is 11.5. The van der Waals surface area contributed by atoms with Crippen LogP contribution in [-0.2, 0) is 42.2 Å². The van der Waals surface area contributed by atoms with Crippen LogP contribution in [0.5, 0.6) is 0 Å². The molecule has 1 rings (SSSR count). The van der Waals surface area contributed by atoms with Gasteiger partial charge in [0.1, 0.15) is 12.6 Å². The summed E-state index contributed by atoms with van der Waals surface area (Å²) in [7, 11) is -4.79. The summed E-state index contributed by atoms with van der Waals surface area (Å²) in [5.41, 5.74) is 5.34. The number of esters is 2. The van der Waals surface area contributed by atoms with Crippen LogP contribution in [0.2, 0.25) is 0 Å². The van der Waals surface area contributed by atoms with E-state index >= 15 is 0 Å². The lowest BCUT2D eigenvalue weighted by atomic mass is 9.87. The maximum absolute atomic E-state index is 12.7. The predicted molar refractivity (Wildman–Crippen MR) is 248 cm³/mol. The first-order valence-corrected chi connectivity index (χ1v) is 26.3. The highest BCUT2D eigenvalue weighted by Gasteiger charge is 2.35. The Bertz CT molecular complexity index is 1300. The van der Waals surface area contributed by atoms with Crippen LogP contribution in [0, 0.1) is 5.92 Å². The van der Waals surface area contributed by atoms with Crippen molar-refractivity contribution in [2.75, 3.05) is 19.8 Å². The molecule has 1 fully saturated rings. The van der Waals surface area contributed by atoms with Crippen LogP contribution in [0.3, 0.4) is 0 Å². The van der Waals surface area contributed by atoms with Gasteiger partial charge in [0.25, 0.3) is 0 Å². The number of ether oxygens (including phenoxy) is 3. The van der Waals surface area contributed by atoms with Gasteiger partial charge in [0.05, 0.1) is 31.5 Å². The SMILES string of the molecule is CCCCCCCCCCCCCCCCCCCCCC(=O)O[C@H](COC(=O)CCC/C=C\C[C@H]1[C@@H](O)CC(O)O[C@@H]1/C=C/[C@@H](O)CCCCC)COP(=O)(O)OC[C@H](N)C(=O)O. The van der Waals surface area contributed by atoms with Gasteiger partial charge in [-0.05, 0) is 32.1 Å². The fourth-order valence-electron chi connectivity index (χ4n) is 7.52. The zero-order valence-electron chi connectivity index (χ0n) is 39.4. The average Bonchev–Trinajstić information content (AvgIpc) is 3.25. The standard InChI is InChI=1S/C48H88NO14P/c1-3-5-7-8-9-10-11-12-13-14-15-16-17-18-19-20-21-22-28-32-46(53)62-40(37-60-64(57,58)61-38-42(49)48(55)56)36-59-45(52)31-27-24-23-26-30-41-43(51)35-47(54)63-44(41)34-33-39(50)29-25-6-4-2/h23,26,33-34,39-44,47,50-51,54H,3-22,24-25,27-32,35-38,49H2,1-2H3,(H,55,56)(H,57,58)/b26-23-,34-33+/t39-,40+,41-,42-,43-,44+,47?/m0/s1. The highest BCUT2D eigenvalue weighted by atomic mass is 31.2. The summed E-state index contributed by atoms with van der Waals surface area (Å²) in [6.45, 7) is 2.45. The van der Waals surface area contributed by atoms with Crippen molar-refractivity contribution in [3.63, 3.8) is 0 Å². The number of hydrogen-bond donors (Lipinski definition) is 6. The first kappa shape index (κ1) is 59.8. The van der Waals surface area contributed by atoms with Gasteiger partial charge in [-0.2, -0.15) is 0 Å². The fraction of sp³-hybridized carbons (Fsp3) is 0.854. The van der Waals surface area contributed by atoms with Gasteiger partial charge in [-0.25, -0.2) is 4.57 Å². The molecule has 0 aromatic rings. The second-order valence-corrected chi connectivity index (χ2v) is 18.9. The minimum absolute atomic E-state index is 0.0303. The number of unbranched alkanes of at least 4 members (excludes halogenated alkanes) is 21. The molecule has 0 radical (unpaired) electrons. The van der Waals surface area contributed by atoms with Crippen LogP contribution >= 0.6 is 7.82 Å². The molecule has 7 N–H and O–H groups in total. The molecule has 1 aliphatic rings. The first-order valence-electron chi connectivity index (χ1n) is 24.8. The number of phosphoric acid groups is 1. The molecular formula is C48H88NO14P. The van der Waals surface area contributed by atoms with Crippen LogP contribution in [0.25, 0.3) is 0 Å². The first-order chi connectivity index (χ1) is 30.8. The van der Waals surface area contributed by atoms with Crippen molar-refractivity contribution < 1.29 is 67.5 Å². The van der Waals surface area contributed by atoms with Crippen molar-refractivity contribution in [2.24, 2.45) is 11.7 Å². The molecule has 0 bridgehead atoms. The number of aliphatic hydroxyl groups excluding tert-OH is 3. The van der Waals surface area contributed by atoms with Gasteiger partial charge in [0, 0.05) is 25.2 Å². The third kappa shape index (κ3) is 33.3. The number of carboxylic acids is 1. The largest absolute Gasteiger partial charge is 0.480 e. The molecule has 0 spiro atoms. The van der Waals surface area contributed by atoms with Crippen LogP contribution in [-0.4, -0.2) is 99.8 Å². The Morgan fingerprint density at radius 3 is 1.80 bits per heavy atom. The normalized spacial score (nSPS) is 20.3. The topological polar surface area (TPSA) is 242 Å². The number of carbonyl (C=O) groups excluding carboxylic acids is 2. The van der Waals surface area contributed by atoms with Gasteiger partial charge in [0.15, 0.2) is 12.4 Å². The third-order valence-corrected chi connectivity index (χ3v) is 12.4. The summed E-state index contributed by atoms with van der Waals surface area (Å²) in [4.78, 5) is 46.4. The average molecular weight is 934 g/mol. The Kier molecular flexibility index (Phi) is 36.3. The zero-order valence-corrected chi connectivity index (χ0v) is 40.3. The van der Waals surface area contributed by atoms with E-state index in [1.165, 1.54) is 96.3 Å². The van der Waals surface area contributed by atoms with Gasteiger partial charge in [-0.15, -0.1) is 0 Å². The molecule has 374 valence electrons. The monoisotopic (exact) mass is 934 g/mol. The van der Waals surface area contributed by atoms with Crippen molar-refractivity contribution in [1.82, 2.24) is 0 Å². The van der Waals surface area contributed by atoms with Gasteiger partial charge >= 0.3 is 25.7 Å². The molecule has 0 aliphatic carbocycles. The number of rotatable bonds is 42. The molecular weight excluding hydrogens is 845 g/mol. The number of nitrogens with two attached hydrogens (primary N) is 1. The fourth-order valence-corrected chi connectivity index (χ4v) is 8.30. The van der Waals surface area contributed by atoms with Crippen molar-refractivity contribution >= 4 is 25.7 Å². The second-order valence-electron chi connectivity index (χ2n) is 17.5. The maximum atomic E-state index is 12.7. The molecule has 16 heteroatoms. The van der Waals surface area contributed by atoms with Crippen LogP contribution < -0.4 is 5.73 Å². The van der Waals surface area contributed by atoms with Crippen LogP contribution in [0.1, 0.15) is 200 Å². The number of hydrogen-bond acceptors (Lipinski definition) is 13. The van der Waals surface area contributed by atoms with E-state index in [0.29, 0.717) is 32.1 Å². The molecule has 1 aliphatic heterocycles. The number of aliphatic hydroxyl groups is 3. The Hall–Kier alpha value is -2.20. The summed E-state index contributed by atoms with van der Waals surface area (Å²) in [6.07, 6.45) is 31.4. The van der Waals surface area contributed by atoms with Crippen LogP contribution in [0.15, 0.2) is 24.3 Å². The molecule has 64 heavy (non-hydrogen) atoms. The van der Waals surface area contributed by atoms with Crippen molar-refractivity contribution in [3.8, 4) is 0 Å². The lowest BCUT2D eigenvalue weighted by molar-refractivity contribution is -0.199. The summed E-state index contributed by atoms with van der Waals surface area (Å²) in [6, 6.07) is -1.56. The summed E-state index contributed by atoms with van der Waals surface area (Å²) >= 11 is 0. The minimum Gasteiger partial charge on any atom is -0.480 e. The number of allylic oxidation sites excluding steroid dienone is 2. The van der Waals surface area contributed by atoms with Crippen LogP contribution in [0.4, 0.5) is 0 Å². The number of carboxylic acid groups (broad SMARTS) is 1. The van der Waals surface area contributed by atoms with Gasteiger partial charge in [0.2, 0.25) is 0 Å². The van der Waals surface area contributed by atoms with Crippen molar-refractivity contribution in [2.45, 2.75) is 237 Å². The van der Waals surface area contributed by atoms with Gasteiger partial charge in [-0.1, -0.05) is 173 Å². The highest BCUT2D eigenvalue weighted by molar-refractivity contribution is 7.47. The van der Waals surface area contributed by atoms with E-state index in [-0.39, 0.29) is 25.2 Å². The molecule has 0 aromatic heterocycles. The molecule has 0 aromatic carbocycles. The molecule has 1 saturated heterocycles. The number of carbonyl (C=O) groups is 3. The molecule has 0 amide bonds. The quantitative estimate of drug-likeness (QED) is 0.0145. The van der Waals surface area contributed by atoms with E-state index in [2.05, 4.69) is 18.4 Å². The summed E-state index contributed by atoms with van der Waals surface area (Å²) in [5, 5.41) is 39.9. The number of phosphoric ester groups is 1. The Labute approximate surface area is 384 Å². The van der Waals surface area contributed by atoms with Gasteiger partial charge < -0.3 is 45.3 Å². The van der Waals surface area contributed by atoms with E-state index < -0.39 is 82.3 Å². The highest BCUT2D eigenvalue weighted by Crippen LogP contribution is 2.43. The van der Waals surface area contributed by atoms with E-state index in [1.54, 1.807) is 12.2 Å². The molecule has 0 saturated carbocycles. The molecule has 2 unspecified atom stereocenters. The summed E-state index contributed by atoms with van der Waals surface area (Å²) in [5.74, 6) is -2.93. The Morgan fingerprint density at radius 2 is 1.23 bits per heavy atom. The zero-order chi connectivity index (χ0) is 47.3. The Morgan fingerprint density at radius 1 is 0.719 bits per heavy atom. The van der Waals surface area contributed by atoms with E-state index in [0.717, 1.165) is 38.5 Å². The maximum Gasteiger partial charge on any atom is 0.472 e. The van der Waals surface area contributed by atoms with E-state index in [1.807, 2.05) is 12.2 Å². The molecule has 15 nitrogen and oxygen atoms in total. The molecule has 8 atom stereocenters. The second kappa shape index (κ2) is 38.9. The van der Waals surface area contributed by atoms with E-state index in [4.69, 9.17) is 29.6 Å². The predicted octanol–water partition coefficient (Wildman–Crippen LogP) is 9.51. The summed E-state index contributed by atoms with van der Waals surface area (Å²) < 4.78 is 38.4. The lowest BCUT2D eigenvalue weighted by Gasteiger charge is -2.36. The smallest absolute Gasteiger partial charge is 0.472 e. The van der Waals surface area contributed by atoms with E-state index in [9.17, 15) is 39.2 Å². The van der Waals surface area contributed by atoms with Crippen molar-refractivity contribution in [3.05, 3.63) is 24.3 Å². The van der Waals surface area contributed by atoms with Gasteiger partial charge in [-0.3, -0.25) is 23.4 Å². The van der Waals surface area contributed by atoms with Crippen molar-refractivity contribution in [1.29, 1.82) is 0 Å². The lowest BCUT2D eigenvalue weighted by Crippen LogP contribution is -2.43.